The van der Waals surface area contributed by atoms with Crippen LogP contribution in [0.25, 0.3) is 0 Å². The van der Waals surface area contributed by atoms with Gasteiger partial charge in [0.2, 0.25) is 5.91 Å². The van der Waals surface area contributed by atoms with Gasteiger partial charge < -0.3 is 20.3 Å². The molecule has 2 aromatic carbocycles. The second-order valence-electron chi connectivity index (χ2n) is 9.63. The van der Waals surface area contributed by atoms with Gasteiger partial charge in [-0.3, -0.25) is 9.59 Å². The fraction of sp³-hybridized carbons (Fsp3) is 0.444. The first-order valence-corrected chi connectivity index (χ1v) is 12.1. The van der Waals surface area contributed by atoms with Crippen LogP contribution < -0.4 is 10.6 Å². The molecule has 0 aliphatic carbocycles. The Morgan fingerprint density at radius 3 is 2.31 bits per heavy atom. The minimum atomic E-state index is -0.917. The lowest BCUT2D eigenvalue weighted by molar-refractivity contribution is -0.138. The maximum absolute atomic E-state index is 13.7. The van der Waals surface area contributed by atoms with Crippen molar-refractivity contribution in [1.29, 1.82) is 0 Å². The van der Waals surface area contributed by atoms with E-state index in [4.69, 9.17) is 16.3 Å². The summed E-state index contributed by atoms with van der Waals surface area (Å²) in [5, 5.41) is 5.86. The van der Waals surface area contributed by atoms with Crippen LogP contribution in [0.15, 0.2) is 36.4 Å². The molecule has 0 aromatic heterocycles. The van der Waals surface area contributed by atoms with Crippen LogP contribution >= 0.6 is 11.6 Å². The first-order valence-electron chi connectivity index (χ1n) is 11.7. The summed E-state index contributed by atoms with van der Waals surface area (Å²) in [5.74, 6) is -0.777. The van der Waals surface area contributed by atoms with E-state index < -0.39 is 23.6 Å². The fourth-order valence-corrected chi connectivity index (χ4v) is 4.04. The Balaban J connectivity index is 2.42. The smallest absolute Gasteiger partial charge is 0.408 e. The van der Waals surface area contributed by atoms with Gasteiger partial charge in [-0.2, -0.15) is 0 Å². The number of carbonyl (C=O) groups excluding carboxylic acids is 3. The van der Waals surface area contributed by atoms with E-state index in [1.165, 1.54) is 4.90 Å². The van der Waals surface area contributed by atoms with Crippen molar-refractivity contribution < 1.29 is 19.1 Å². The highest BCUT2D eigenvalue weighted by molar-refractivity contribution is 6.34. The third-order valence-corrected chi connectivity index (χ3v) is 5.63. The van der Waals surface area contributed by atoms with Crippen LogP contribution in [0.3, 0.4) is 0 Å². The van der Waals surface area contributed by atoms with Gasteiger partial charge in [0.05, 0.1) is 10.7 Å². The van der Waals surface area contributed by atoms with Crippen molar-refractivity contribution in [3.63, 3.8) is 0 Å². The standard InChI is InChI=1S/C27H36ClN3O4/c1-8-14-31(22(32)16-29-26(34)35-27(5,6)7)24(20-13-12-17(2)15-19(20)4)25(33)30-23-18(3)10-9-11-21(23)28/h9-13,15,24H,8,14,16H2,1-7H3,(H,29,34)(H,30,33). The molecule has 8 heteroatoms. The second-order valence-corrected chi connectivity index (χ2v) is 10.0. The number of amides is 3. The SMILES string of the molecule is CCCN(C(=O)CNC(=O)OC(C)(C)C)C(C(=O)Nc1c(C)cccc1Cl)c1ccc(C)cc1C. The average Bonchev–Trinajstić information content (AvgIpc) is 2.74. The van der Waals surface area contributed by atoms with Crippen LogP contribution in [0, 0.1) is 20.8 Å². The van der Waals surface area contributed by atoms with E-state index >= 15 is 0 Å². The fourth-order valence-electron chi connectivity index (χ4n) is 3.77. The highest BCUT2D eigenvalue weighted by atomic mass is 35.5. The second kappa shape index (κ2) is 12.1. The zero-order chi connectivity index (χ0) is 26.3. The number of nitrogens with zero attached hydrogens (tertiary/aromatic N) is 1. The summed E-state index contributed by atoms with van der Waals surface area (Å²) in [6.07, 6.45) is -0.0700. The number of alkyl carbamates (subject to hydrolysis) is 1. The van der Waals surface area contributed by atoms with Gasteiger partial charge in [0.15, 0.2) is 0 Å². The summed E-state index contributed by atoms with van der Waals surface area (Å²) in [6.45, 7) is 12.9. The lowest BCUT2D eigenvalue weighted by Gasteiger charge is -2.32. The first kappa shape index (κ1) is 28.2. The van der Waals surface area contributed by atoms with Crippen LogP contribution in [-0.4, -0.2) is 41.5 Å². The van der Waals surface area contributed by atoms with Gasteiger partial charge in [-0.25, -0.2) is 4.79 Å². The van der Waals surface area contributed by atoms with Gasteiger partial charge in [-0.05, 0) is 70.7 Å². The number of aryl methyl sites for hydroxylation is 3. The van der Waals surface area contributed by atoms with Gasteiger partial charge in [0.25, 0.3) is 5.91 Å². The van der Waals surface area contributed by atoms with Gasteiger partial charge in [0, 0.05) is 6.54 Å². The number of anilines is 1. The van der Waals surface area contributed by atoms with E-state index in [0.717, 1.165) is 16.7 Å². The summed E-state index contributed by atoms with van der Waals surface area (Å²) >= 11 is 6.36. The lowest BCUT2D eigenvalue weighted by Crippen LogP contribution is -2.47. The topological polar surface area (TPSA) is 87.7 Å². The Kier molecular flexibility index (Phi) is 9.72. The Labute approximate surface area is 213 Å². The number of hydrogen-bond donors (Lipinski definition) is 2. The van der Waals surface area contributed by atoms with Gasteiger partial charge in [-0.1, -0.05) is 54.4 Å². The number of hydrogen-bond acceptors (Lipinski definition) is 4. The molecule has 0 fully saturated rings. The molecule has 0 aliphatic heterocycles. The Bertz CT molecular complexity index is 1060. The number of nitrogens with one attached hydrogen (secondary N) is 2. The summed E-state index contributed by atoms with van der Waals surface area (Å²) < 4.78 is 5.24. The molecular formula is C27H36ClN3O4. The predicted octanol–water partition coefficient (Wildman–Crippen LogP) is 5.71. The van der Waals surface area contributed by atoms with Crippen molar-refractivity contribution in [3.8, 4) is 0 Å². The van der Waals surface area contributed by atoms with Crippen molar-refractivity contribution >= 4 is 35.2 Å². The molecule has 35 heavy (non-hydrogen) atoms. The van der Waals surface area contributed by atoms with Crippen molar-refractivity contribution in [2.45, 2.75) is 66.5 Å². The minimum absolute atomic E-state index is 0.297. The third-order valence-electron chi connectivity index (χ3n) is 5.32. The first-order chi connectivity index (χ1) is 16.3. The van der Waals surface area contributed by atoms with Crippen LogP contribution in [0.5, 0.6) is 0 Å². The maximum atomic E-state index is 13.7. The molecule has 2 N–H and O–H groups in total. The molecule has 2 rings (SSSR count). The van der Waals surface area contributed by atoms with Crippen molar-refractivity contribution in [2.24, 2.45) is 0 Å². The van der Waals surface area contributed by atoms with Crippen LogP contribution in [-0.2, 0) is 14.3 Å². The van der Waals surface area contributed by atoms with Crippen molar-refractivity contribution in [3.05, 3.63) is 63.7 Å². The van der Waals surface area contributed by atoms with E-state index in [1.54, 1.807) is 26.8 Å². The van der Waals surface area contributed by atoms with Crippen molar-refractivity contribution in [1.82, 2.24) is 10.2 Å². The van der Waals surface area contributed by atoms with Gasteiger partial charge >= 0.3 is 6.09 Å². The zero-order valence-corrected chi connectivity index (χ0v) is 22.4. The summed E-state index contributed by atoms with van der Waals surface area (Å²) in [5.41, 5.74) is 3.26. The van der Waals surface area contributed by atoms with Crippen molar-refractivity contribution in [2.75, 3.05) is 18.4 Å². The molecule has 190 valence electrons. The highest BCUT2D eigenvalue weighted by Gasteiger charge is 2.33. The number of para-hydroxylation sites is 1. The summed E-state index contributed by atoms with van der Waals surface area (Å²) in [6, 6.07) is 10.2. The largest absolute Gasteiger partial charge is 0.444 e. The summed E-state index contributed by atoms with van der Waals surface area (Å²) in [7, 11) is 0. The van der Waals surface area contributed by atoms with Gasteiger partial charge in [-0.15, -0.1) is 0 Å². The molecule has 7 nitrogen and oxygen atoms in total. The summed E-state index contributed by atoms with van der Waals surface area (Å²) in [4.78, 5) is 40.7. The Morgan fingerprint density at radius 2 is 1.74 bits per heavy atom. The normalized spacial score (nSPS) is 12.0. The predicted molar refractivity (Wildman–Crippen MR) is 140 cm³/mol. The number of halogens is 1. The van der Waals surface area contributed by atoms with Crippen LogP contribution in [0.4, 0.5) is 10.5 Å². The van der Waals surface area contributed by atoms with E-state index in [2.05, 4.69) is 10.6 Å². The average molecular weight is 502 g/mol. The molecule has 1 unspecified atom stereocenters. The Morgan fingerprint density at radius 1 is 1.06 bits per heavy atom. The van der Waals surface area contributed by atoms with E-state index in [0.29, 0.717) is 29.2 Å². The molecule has 0 bridgehead atoms. The number of benzene rings is 2. The van der Waals surface area contributed by atoms with E-state index in [-0.39, 0.29) is 12.5 Å². The molecule has 0 aliphatic rings. The highest BCUT2D eigenvalue weighted by Crippen LogP contribution is 2.30. The van der Waals surface area contributed by atoms with E-state index in [1.807, 2.05) is 58.0 Å². The molecule has 3 amide bonds. The monoisotopic (exact) mass is 501 g/mol. The van der Waals surface area contributed by atoms with E-state index in [9.17, 15) is 14.4 Å². The minimum Gasteiger partial charge on any atom is -0.444 e. The molecule has 0 radical (unpaired) electrons. The number of ether oxygens (including phenoxy) is 1. The molecule has 0 heterocycles. The third kappa shape index (κ3) is 7.99. The van der Waals surface area contributed by atoms with Gasteiger partial charge in [0.1, 0.15) is 18.2 Å². The maximum Gasteiger partial charge on any atom is 0.408 e. The molecule has 2 aromatic rings. The molecule has 0 saturated heterocycles. The molecule has 1 atom stereocenters. The molecular weight excluding hydrogens is 466 g/mol. The van der Waals surface area contributed by atoms with Crippen LogP contribution in [0.1, 0.15) is 62.4 Å². The lowest BCUT2D eigenvalue weighted by atomic mass is 9.96. The zero-order valence-electron chi connectivity index (χ0n) is 21.6. The van der Waals surface area contributed by atoms with Crippen LogP contribution in [0.2, 0.25) is 5.02 Å². The Hall–Kier alpha value is -3.06. The molecule has 0 saturated carbocycles. The quantitative estimate of drug-likeness (QED) is 0.485. The molecule has 0 spiro atoms. The number of rotatable bonds is 8. The number of carbonyl (C=O) groups is 3.